The van der Waals surface area contributed by atoms with Gasteiger partial charge in [-0.1, -0.05) is 64.3 Å². The SMILES string of the molecule is CC(C)(C)c1ccc(CNCCC2CCC2)cc1. The highest BCUT2D eigenvalue weighted by molar-refractivity contribution is 5.27. The molecule has 1 aromatic carbocycles. The van der Waals surface area contributed by atoms with Gasteiger partial charge >= 0.3 is 0 Å². The van der Waals surface area contributed by atoms with Crippen LogP contribution in [0.1, 0.15) is 57.6 Å². The molecule has 1 aliphatic rings. The molecule has 0 unspecified atom stereocenters. The minimum atomic E-state index is 0.260. The van der Waals surface area contributed by atoms with E-state index in [0.29, 0.717) is 0 Å². The molecular formula is C17H27N. The Labute approximate surface area is 112 Å². The van der Waals surface area contributed by atoms with E-state index in [1.807, 2.05) is 0 Å². The number of benzene rings is 1. The summed E-state index contributed by atoms with van der Waals surface area (Å²) in [7, 11) is 0. The van der Waals surface area contributed by atoms with Crippen LogP contribution in [0.15, 0.2) is 24.3 Å². The van der Waals surface area contributed by atoms with Crippen LogP contribution in [0.2, 0.25) is 0 Å². The van der Waals surface area contributed by atoms with Crippen molar-refractivity contribution in [3.63, 3.8) is 0 Å². The van der Waals surface area contributed by atoms with E-state index in [1.54, 1.807) is 0 Å². The van der Waals surface area contributed by atoms with Crippen molar-refractivity contribution >= 4 is 0 Å². The van der Waals surface area contributed by atoms with E-state index < -0.39 is 0 Å². The Morgan fingerprint density at radius 3 is 2.28 bits per heavy atom. The molecule has 100 valence electrons. The topological polar surface area (TPSA) is 12.0 Å². The van der Waals surface area contributed by atoms with Gasteiger partial charge in [-0.15, -0.1) is 0 Å². The van der Waals surface area contributed by atoms with E-state index in [4.69, 9.17) is 0 Å². The van der Waals surface area contributed by atoms with Gasteiger partial charge in [-0.25, -0.2) is 0 Å². The number of hydrogen-bond acceptors (Lipinski definition) is 1. The molecule has 0 saturated heterocycles. The fourth-order valence-electron chi connectivity index (χ4n) is 2.44. The molecule has 1 saturated carbocycles. The van der Waals surface area contributed by atoms with Crippen LogP contribution >= 0.6 is 0 Å². The monoisotopic (exact) mass is 245 g/mol. The highest BCUT2D eigenvalue weighted by Crippen LogP contribution is 2.28. The third kappa shape index (κ3) is 3.84. The Balaban J connectivity index is 1.72. The molecule has 1 N–H and O–H groups in total. The quantitative estimate of drug-likeness (QED) is 0.764. The molecule has 2 rings (SSSR count). The van der Waals surface area contributed by atoms with Crippen molar-refractivity contribution in [3.05, 3.63) is 35.4 Å². The normalized spacial score (nSPS) is 16.6. The average molecular weight is 245 g/mol. The lowest BCUT2D eigenvalue weighted by atomic mass is 9.83. The van der Waals surface area contributed by atoms with E-state index >= 15 is 0 Å². The van der Waals surface area contributed by atoms with Gasteiger partial charge < -0.3 is 5.32 Å². The van der Waals surface area contributed by atoms with Gasteiger partial charge in [0.25, 0.3) is 0 Å². The predicted octanol–water partition coefficient (Wildman–Crippen LogP) is 4.26. The highest BCUT2D eigenvalue weighted by atomic mass is 14.8. The molecule has 0 atom stereocenters. The zero-order chi connectivity index (χ0) is 13.0. The second-order valence-corrected chi connectivity index (χ2v) is 6.71. The zero-order valence-corrected chi connectivity index (χ0v) is 12.1. The number of hydrogen-bond donors (Lipinski definition) is 1. The van der Waals surface area contributed by atoms with Crippen LogP contribution in [-0.2, 0) is 12.0 Å². The summed E-state index contributed by atoms with van der Waals surface area (Å²) in [5.41, 5.74) is 3.08. The van der Waals surface area contributed by atoms with E-state index in [9.17, 15) is 0 Å². The van der Waals surface area contributed by atoms with Crippen molar-refractivity contribution in [2.45, 2.75) is 58.4 Å². The minimum Gasteiger partial charge on any atom is -0.313 e. The van der Waals surface area contributed by atoms with Crippen LogP contribution in [0.4, 0.5) is 0 Å². The van der Waals surface area contributed by atoms with Crippen molar-refractivity contribution in [3.8, 4) is 0 Å². The van der Waals surface area contributed by atoms with Crippen LogP contribution < -0.4 is 5.32 Å². The van der Waals surface area contributed by atoms with Gasteiger partial charge in [0, 0.05) is 6.54 Å². The molecule has 1 aromatic rings. The maximum absolute atomic E-state index is 3.56. The van der Waals surface area contributed by atoms with Crippen LogP contribution in [0.3, 0.4) is 0 Å². The van der Waals surface area contributed by atoms with Gasteiger partial charge in [0.15, 0.2) is 0 Å². The first-order chi connectivity index (χ1) is 8.55. The summed E-state index contributed by atoms with van der Waals surface area (Å²) in [5.74, 6) is 1.01. The molecule has 0 bridgehead atoms. The second kappa shape index (κ2) is 5.88. The summed E-state index contributed by atoms with van der Waals surface area (Å²) >= 11 is 0. The number of rotatable bonds is 5. The third-order valence-electron chi connectivity index (χ3n) is 4.10. The van der Waals surface area contributed by atoms with Crippen LogP contribution in [0, 0.1) is 5.92 Å². The minimum absolute atomic E-state index is 0.260. The third-order valence-corrected chi connectivity index (χ3v) is 4.10. The van der Waals surface area contributed by atoms with Crippen LogP contribution in [0.5, 0.6) is 0 Å². The van der Waals surface area contributed by atoms with Crippen molar-refractivity contribution in [2.24, 2.45) is 5.92 Å². The van der Waals surface area contributed by atoms with Crippen LogP contribution in [-0.4, -0.2) is 6.54 Å². The van der Waals surface area contributed by atoms with Crippen molar-refractivity contribution in [1.82, 2.24) is 5.32 Å². The van der Waals surface area contributed by atoms with E-state index in [2.05, 4.69) is 50.4 Å². The van der Waals surface area contributed by atoms with E-state index in [1.165, 1.54) is 43.4 Å². The maximum Gasteiger partial charge on any atom is 0.0205 e. The standard InChI is InChI=1S/C17H27N/c1-17(2,3)16-9-7-15(8-10-16)13-18-12-11-14-5-4-6-14/h7-10,14,18H,4-6,11-13H2,1-3H3. The van der Waals surface area contributed by atoms with Gasteiger partial charge in [-0.3, -0.25) is 0 Å². The van der Waals surface area contributed by atoms with Crippen LogP contribution in [0.25, 0.3) is 0 Å². The summed E-state index contributed by atoms with van der Waals surface area (Å²) in [4.78, 5) is 0. The lowest BCUT2D eigenvalue weighted by Gasteiger charge is -2.25. The Bertz CT molecular complexity index is 354. The summed E-state index contributed by atoms with van der Waals surface area (Å²) in [5, 5.41) is 3.56. The first-order valence-electron chi connectivity index (χ1n) is 7.36. The molecule has 0 radical (unpaired) electrons. The molecule has 0 amide bonds. The van der Waals surface area contributed by atoms with Gasteiger partial charge in [0.2, 0.25) is 0 Å². The molecule has 0 spiro atoms. The smallest absolute Gasteiger partial charge is 0.0205 e. The van der Waals surface area contributed by atoms with Crippen molar-refractivity contribution in [2.75, 3.05) is 6.54 Å². The summed E-state index contributed by atoms with van der Waals surface area (Å²) in [6.07, 6.45) is 5.74. The summed E-state index contributed by atoms with van der Waals surface area (Å²) in [6, 6.07) is 9.06. The molecule has 0 aromatic heterocycles. The van der Waals surface area contributed by atoms with E-state index in [-0.39, 0.29) is 5.41 Å². The van der Waals surface area contributed by atoms with E-state index in [0.717, 1.165) is 12.5 Å². The Morgan fingerprint density at radius 2 is 1.78 bits per heavy atom. The van der Waals surface area contributed by atoms with Gasteiger partial charge in [0.05, 0.1) is 0 Å². The van der Waals surface area contributed by atoms with Gasteiger partial charge in [-0.05, 0) is 35.4 Å². The highest BCUT2D eigenvalue weighted by Gasteiger charge is 2.16. The fourth-order valence-corrected chi connectivity index (χ4v) is 2.44. The fraction of sp³-hybridized carbons (Fsp3) is 0.647. The molecule has 0 heterocycles. The summed E-state index contributed by atoms with van der Waals surface area (Å²) < 4.78 is 0. The van der Waals surface area contributed by atoms with Gasteiger partial charge in [-0.2, -0.15) is 0 Å². The largest absolute Gasteiger partial charge is 0.313 e. The molecule has 0 aliphatic heterocycles. The first-order valence-corrected chi connectivity index (χ1v) is 7.36. The van der Waals surface area contributed by atoms with Crippen molar-refractivity contribution in [1.29, 1.82) is 0 Å². The molecule has 1 heteroatoms. The average Bonchev–Trinajstić information content (AvgIpc) is 2.26. The molecule has 1 fully saturated rings. The van der Waals surface area contributed by atoms with Gasteiger partial charge in [0.1, 0.15) is 0 Å². The summed E-state index contributed by atoms with van der Waals surface area (Å²) in [6.45, 7) is 8.97. The lowest BCUT2D eigenvalue weighted by Crippen LogP contribution is -2.21. The predicted molar refractivity (Wildman–Crippen MR) is 78.8 cm³/mol. The lowest BCUT2D eigenvalue weighted by molar-refractivity contribution is 0.292. The Morgan fingerprint density at radius 1 is 1.11 bits per heavy atom. The number of nitrogens with one attached hydrogen (secondary N) is 1. The second-order valence-electron chi connectivity index (χ2n) is 6.71. The Hall–Kier alpha value is -0.820. The van der Waals surface area contributed by atoms with Crippen molar-refractivity contribution < 1.29 is 0 Å². The first kappa shape index (κ1) is 13.6. The Kier molecular flexibility index (Phi) is 4.45. The molecule has 1 aliphatic carbocycles. The molecular weight excluding hydrogens is 218 g/mol. The maximum atomic E-state index is 3.56. The molecule has 18 heavy (non-hydrogen) atoms. The molecule has 1 nitrogen and oxygen atoms in total. The zero-order valence-electron chi connectivity index (χ0n) is 12.1.